The number of ether oxygens (including phenoxy) is 1. The van der Waals surface area contributed by atoms with Gasteiger partial charge < -0.3 is 4.74 Å². The van der Waals surface area contributed by atoms with Gasteiger partial charge in [0.15, 0.2) is 0 Å². The molecule has 0 atom stereocenters. The van der Waals surface area contributed by atoms with Gasteiger partial charge in [0.2, 0.25) is 0 Å². The number of allylic oxidation sites excluding steroid dienone is 8. The molecule has 0 spiro atoms. The molecular formula is C24H38OSm. The van der Waals surface area contributed by atoms with E-state index in [1.165, 1.54) is 12.8 Å². The van der Waals surface area contributed by atoms with Crippen molar-refractivity contribution < 1.29 is 41.0 Å². The zero-order valence-corrected chi connectivity index (χ0v) is 21.3. The SMILES string of the molecule is C1CCOC1.CC1=C(C)C(C)(C)[C]([Sm][C]2=C(C)C(C)=C(C)C2(C)C)=C1C. The number of hydrogen-bond donors (Lipinski definition) is 0. The molecule has 0 aromatic heterocycles. The molecule has 0 unspecified atom stereocenters. The number of rotatable bonds is 2. The molecule has 26 heavy (non-hydrogen) atoms. The normalized spacial score (nSPS) is 24.7. The molecule has 0 aromatic rings. The van der Waals surface area contributed by atoms with Gasteiger partial charge in [0, 0.05) is 13.2 Å². The Kier molecular flexibility index (Phi) is 7.22. The molecule has 1 aliphatic heterocycles. The minimum absolute atomic E-state index is 0.284. The standard InChI is InChI=1S/2C10H15.C4H8O.Sm/c2*1-7-6-10(4,5)9(3)8(7)2;1-2-4-5-3-1;/h2*1-5H3;1-4H2;. The van der Waals surface area contributed by atoms with Gasteiger partial charge in [-0.1, -0.05) is 0 Å². The molecule has 0 saturated carbocycles. The Hall–Kier alpha value is 0.258. The summed E-state index contributed by atoms with van der Waals surface area (Å²) in [6.07, 6.45) is 2.56. The van der Waals surface area contributed by atoms with Crippen LogP contribution in [0, 0.1) is 47.1 Å². The summed E-state index contributed by atoms with van der Waals surface area (Å²) >= 11 is -0.694. The van der Waals surface area contributed by atoms with Crippen LogP contribution in [0.5, 0.6) is 0 Å². The van der Waals surface area contributed by atoms with Gasteiger partial charge in [-0.15, -0.1) is 0 Å². The van der Waals surface area contributed by atoms with Gasteiger partial charge in [-0.05, 0) is 12.8 Å². The third-order valence-electron chi connectivity index (χ3n) is 6.97. The molecule has 1 heterocycles. The molecule has 2 aliphatic carbocycles. The van der Waals surface area contributed by atoms with E-state index in [2.05, 4.69) is 69.2 Å². The molecule has 146 valence electrons. The Labute approximate surface area is 181 Å². The molecule has 3 aliphatic rings. The van der Waals surface area contributed by atoms with Crippen LogP contribution in [0.2, 0.25) is 0 Å². The maximum absolute atomic E-state index is 4.94. The van der Waals surface area contributed by atoms with Crippen molar-refractivity contribution in [1.82, 2.24) is 0 Å². The van der Waals surface area contributed by atoms with Crippen LogP contribution in [0.4, 0.5) is 0 Å². The van der Waals surface area contributed by atoms with E-state index in [0.717, 1.165) is 13.2 Å². The van der Waals surface area contributed by atoms with E-state index in [0.29, 0.717) is 0 Å². The van der Waals surface area contributed by atoms with Crippen molar-refractivity contribution in [3.63, 3.8) is 0 Å². The fourth-order valence-corrected chi connectivity index (χ4v) is 9.38. The molecule has 0 aromatic carbocycles. The van der Waals surface area contributed by atoms with Crippen molar-refractivity contribution in [1.29, 1.82) is 0 Å². The van der Waals surface area contributed by atoms with Crippen molar-refractivity contribution in [2.75, 3.05) is 13.2 Å². The predicted molar refractivity (Wildman–Crippen MR) is 110 cm³/mol. The van der Waals surface area contributed by atoms with E-state index >= 15 is 0 Å². The van der Waals surface area contributed by atoms with Gasteiger partial charge in [-0.25, -0.2) is 0 Å². The monoisotopic (exact) mass is 494 g/mol. The second kappa shape index (κ2) is 8.32. The zero-order chi connectivity index (χ0) is 19.9. The summed E-state index contributed by atoms with van der Waals surface area (Å²) in [6, 6.07) is 0. The second-order valence-corrected chi connectivity index (χ2v) is 12.4. The second-order valence-electron chi connectivity index (χ2n) is 9.08. The van der Waals surface area contributed by atoms with Crippen LogP contribution in [0.1, 0.15) is 82.1 Å². The Balaban J connectivity index is 0.000000417. The summed E-state index contributed by atoms with van der Waals surface area (Å²) in [4.78, 5) is 0. The van der Waals surface area contributed by atoms with Crippen LogP contribution >= 0.6 is 0 Å². The van der Waals surface area contributed by atoms with E-state index < -0.39 is 36.3 Å². The molecule has 2 heteroatoms. The van der Waals surface area contributed by atoms with Gasteiger partial charge in [0.25, 0.3) is 0 Å². The Morgan fingerprint density at radius 2 is 0.962 bits per heavy atom. The Morgan fingerprint density at radius 1 is 0.615 bits per heavy atom. The van der Waals surface area contributed by atoms with Gasteiger partial charge in [-0.3, -0.25) is 0 Å². The summed E-state index contributed by atoms with van der Waals surface area (Å²) in [5.41, 5.74) is 10.0. The molecule has 1 nitrogen and oxygen atoms in total. The Bertz CT molecular complexity index is 643. The van der Waals surface area contributed by atoms with Crippen molar-refractivity contribution in [2.45, 2.75) is 82.1 Å². The van der Waals surface area contributed by atoms with Crippen LogP contribution in [0.3, 0.4) is 0 Å². The summed E-state index contributed by atoms with van der Waals surface area (Å²) in [7, 11) is 0. The van der Waals surface area contributed by atoms with Gasteiger partial charge in [-0.2, -0.15) is 0 Å². The third kappa shape index (κ3) is 4.00. The van der Waals surface area contributed by atoms with E-state index in [9.17, 15) is 0 Å². The first-order valence-corrected chi connectivity index (χ1v) is 12.6. The van der Waals surface area contributed by atoms with Crippen LogP contribution in [-0.4, -0.2) is 13.2 Å². The Morgan fingerprint density at radius 3 is 1.15 bits per heavy atom. The predicted octanol–water partition coefficient (Wildman–Crippen LogP) is 7.17. The van der Waals surface area contributed by atoms with Crippen molar-refractivity contribution in [3.8, 4) is 0 Å². The minimum atomic E-state index is -0.694. The molecule has 0 N–H and O–H groups in total. The van der Waals surface area contributed by atoms with Crippen LogP contribution in [-0.2, 0) is 4.74 Å². The van der Waals surface area contributed by atoms with Gasteiger partial charge in [0.1, 0.15) is 0 Å². The first-order valence-electron chi connectivity index (χ1n) is 9.99. The maximum atomic E-state index is 4.94. The zero-order valence-electron chi connectivity index (χ0n) is 18.6. The molecule has 3 rings (SSSR count). The van der Waals surface area contributed by atoms with Crippen LogP contribution < -0.4 is 0 Å². The molecule has 1 fully saturated rings. The van der Waals surface area contributed by atoms with Gasteiger partial charge >= 0.3 is 152 Å². The van der Waals surface area contributed by atoms with E-state index in [4.69, 9.17) is 4.74 Å². The summed E-state index contributed by atoms with van der Waals surface area (Å²) < 4.78 is 8.53. The molecule has 0 radical (unpaired) electrons. The number of hydrogen-bond acceptors (Lipinski definition) is 1. The third-order valence-corrected chi connectivity index (χ3v) is 13.5. The van der Waals surface area contributed by atoms with Gasteiger partial charge in [0.05, 0.1) is 0 Å². The average Bonchev–Trinajstić information content (AvgIpc) is 3.24. The molecular weight excluding hydrogens is 455 g/mol. The molecule has 0 amide bonds. The van der Waals surface area contributed by atoms with Crippen molar-refractivity contribution >= 4 is 0 Å². The van der Waals surface area contributed by atoms with Crippen LogP contribution in [0.15, 0.2) is 36.0 Å². The first kappa shape index (κ1) is 22.5. The van der Waals surface area contributed by atoms with E-state index in [1.54, 1.807) is 36.0 Å². The van der Waals surface area contributed by atoms with Crippen LogP contribution in [0.25, 0.3) is 0 Å². The topological polar surface area (TPSA) is 9.23 Å². The first-order chi connectivity index (χ1) is 11.9. The summed E-state index contributed by atoms with van der Waals surface area (Å²) in [5.74, 6) is 0. The quantitative estimate of drug-likeness (QED) is 0.397. The van der Waals surface area contributed by atoms with Crippen molar-refractivity contribution in [2.24, 2.45) is 10.8 Å². The van der Waals surface area contributed by atoms with E-state index in [1.807, 2.05) is 0 Å². The van der Waals surface area contributed by atoms with Crippen molar-refractivity contribution in [3.05, 3.63) is 36.0 Å². The summed E-state index contributed by atoms with van der Waals surface area (Å²) in [5, 5.41) is 0. The molecule has 1 saturated heterocycles. The van der Waals surface area contributed by atoms with E-state index in [-0.39, 0.29) is 10.8 Å². The summed E-state index contributed by atoms with van der Waals surface area (Å²) in [6.45, 7) is 25.7. The average molecular weight is 493 g/mol. The molecule has 0 bridgehead atoms. The fourth-order valence-electron chi connectivity index (χ4n) is 4.14. The fraction of sp³-hybridized carbons (Fsp3) is 0.667.